The number of ether oxygens (including phenoxy) is 2. The number of nitrogens with zero attached hydrogens (tertiary/aromatic N) is 3. The average molecular weight is 605 g/mol. The van der Waals surface area contributed by atoms with Gasteiger partial charge in [0.15, 0.2) is 0 Å². The van der Waals surface area contributed by atoms with Crippen LogP contribution in [0.4, 0.5) is 28.0 Å². The molecule has 2 saturated carbocycles. The molecule has 2 amide bonds. The van der Waals surface area contributed by atoms with Gasteiger partial charge in [0.2, 0.25) is 0 Å². The highest BCUT2D eigenvalue weighted by molar-refractivity contribution is 5.89. The first kappa shape index (κ1) is 32.7. The van der Waals surface area contributed by atoms with Crippen LogP contribution in [0.1, 0.15) is 56.2 Å². The van der Waals surface area contributed by atoms with E-state index in [0.29, 0.717) is 70.2 Å². The molecule has 3 atom stereocenters. The van der Waals surface area contributed by atoms with E-state index in [-0.39, 0.29) is 17.1 Å². The molecule has 43 heavy (non-hydrogen) atoms. The van der Waals surface area contributed by atoms with Crippen molar-refractivity contribution in [3.8, 4) is 6.07 Å². The molecule has 1 N–H and O–H groups in total. The van der Waals surface area contributed by atoms with Gasteiger partial charge in [-0.25, -0.2) is 9.18 Å². The molecule has 0 radical (unpaired) electrons. The number of benzene rings is 2. The Morgan fingerprint density at radius 2 is 1.79 bits per heavy atom. The van der Waals surface area contributed by atoms with Crippen molar-refractivity contribution in [1.29, 1.82) is 5.26 Å². The van der Waals surface area contributed by atoms with E-state index in [4.69, 9.17) is 9.47 Å². The van der Waals surface area contributed by atoms with Crippen molar-refractivity contribution in [3.05, 3.63) is 65.0 Å². The fraction of sp³-hybridized carbons (Fsp3) is 0.562. The number of urea groups is 1. The number of amides is 2. The quantitative estimate of drug-likeness (QED) is 0.199. The highest BCUT2D eigenvalue weighted by Crippen LogP contribution is 2.62. The monoisotopic (exact) mass is 604 g/mol. The molecule has 7 nitrogen and oxygen atoms in total. The Morgan fingerprint density at radius 1 is 1.07 bits per heavy atom. The standard InChI is InChI=1S/C32H40F4N4O3/c1-3-42-16-14-39(15-17-43-4-2)12-13-40(30(41)38-26-8-9-29(33)28(20-26)32(34,35)36)27-10-11-31(21-25(31)19-27)24-7-5-6-23(18-24)22-37/h5-9,18,20,25,27H,3-4,10-17,19,21H2,1-2H3,(H,38,41)/t25?,27-,31-/m1/s1. The Balaban J connectivity index is 1.51. The van der Waals surface area contributed by atoms with Crippen molar-refractivity contribution >= 4 is 11.7 Å². The molecular formula is C32H40F4N4O3. The van der Waals surface area contributed by atoms with Crippen molar-refractivity contribution in [2.45, 2.75) is 57.2 Å². The third kappa shape index (κ3) is 8.25. The minimum Gasteiger partial charge on any atom is -0.380 e. The Hall–Kier alpha value is -3.20. The molecule has 0 saturated heterocycles. The zero-order valence-electron chi connectivity index (χ0n) is 24.8. The summed E-state index contributed by atoms with van der Waals surface area (Å²) in [5, 5.41) is 12.0. The lowest BCUT2D eigenvalue weighted by Gasteiger charge is -2.38. The van der Waals surface area contributed by atoms with Crippen molar-refractivity contribution in [1.82, 2.24) is 9.80 Å². The van der Waals surface area contributed by atoms with E-state index in [9.17, 15) is 27.6 Å². The van der Waals surface area contributed by atoms with Crippen LogP contribution in [0.2, 0.25) is 0 Å². The van der Waals surface area contributed by atoms with Gasteiger partial charge >= 0.3 is 12.2 Å². The van der Waals surface area contributed by atoms with E-state index in [1.807, 2.05) is 26.0 Å². The lowest BCUT2D eigenvalue weighted by atomic mass is 9.80. The average Bonchev–Trinajstić information content (AvgIpc) is 3.73. The molecule has 4 rings (SSSR count). The van der Waals surface area contributed by atoms with E-state index in [2.05, 4.69) is 22.4 Å². The first-order valence-corrected chi connectivity index (χ1v) is 14.9. The number of carbonyl (C=O) groups excluding carboxylic acids is 1. The molecule has 2 aromatic carbocycles. The van der Waals surface area contributed by atoms with Crippen LogP contribution in [0.3, 0.4) is 0 Å². The lowest BCUT2D eigenvalue weighted by molar-refractivity contribution is -0.139. The second-order valence-corrected chi connectivity index (χ2v) is 11.2. The van der Waals surface area contributed by atoms with Crippen molar-refractivity contribution in [2.24, 2.45) is 5.92 Å². The Labute approximate surface area is 250 Å². The number of hydrogen-bond acceptors (Lipinski definition) is 5. The summed E-state index contributed by atoms with van der Waals surface area (Å²) in [6.45, 7) is 8.26. The summed E-state index contributed by atoms with van der Waals surface area (Å²) in [7, 11) is 0. The van der Waals surface area contributed by atoms with E-state index in [1.165, 1.54) is 0 Å². The van der Waals surface area contributed by atoms with Crippen LogP contribution in [0.25, 0.3) is 0 Å². The van der Waals surface area contributed by atoms with Gasteiger partial charge in [-0.15, -0.1) is 0 Å². The summed E-state index contributed by atoms with van der Waals surface area (Å²) in [5.74, 6) is -1.05. The SMILES string of the molecule is CCOCCN(CCOCC)CCN(C(=O)Nc1ccc(F)c(C(F)(F)F)c1)[C@@H]1CC[C@]2(c3cccc(C#N)c3)CC2C1. The van der Waals surface area contributed by atoms with Crippen LogP contribution in [-0.2, 0) is 21.1 Å². The van der Waals surface area contributed by atoms with Crippen molar-refractivity contribution in [3.63, 3.8) is 0 Å². The summed E-state index contributed by atoms with van der Waals surface area (Å²) in [6.07, 6.45) is -1.60. The van der Waals surface area contributed by atoms with E-state index in [1.54, 1.807) is 11.0 Å². The maximum absolute atomic E-state index is 13.9. The molecule has 1 unspecified atom stereocenters. The predicted molar refractivity (Wildman–Crippen MR) is 155 cm³/mol. The van der Waals surface area contributed by atoms with Crippen LogP contribution >= 0.6 is 0 Å². The fourth-order valence-corrected chi connectivity index (χ4v) is 6.27. The van der Waals surface area contributed by atoms with E-state index in [0.717, 1.165) is 43.4 Å². The van der Waals surface area contributed by atoms with E-state index >= 15 is 0 Å². The highest BCUT2D eigenvalue weighted by atomic mass is 19.4. The topological polar surface area (TPSA) is 77.8 Å². The minimum atomic E-state index is -4.88. The predicted octanol–water partition coefficient (Wildman–Crippen LogP) is 6.44. The molecule has 2 aliphatic rings. The second kappa shape index (κ2) is 14.5. The normalized spacial score (nSPS) is 21.3. The van der Waals surface area contributed by atoms with Gasteiger partial charge in [-0.05, 0) is 86.8 Å². The molecule has 0 heterocycles. The van der Waals surface area contributed by atoms with Crippen LogP contribution in [0, 0.1) is 23.1 Å². The number of nitriles is 1. The highest BCUT2D eigenvalue weighted by Gasteiger charge is 2.58. The van der Waals surface area contributed by atoms with Gasteiger partial charge < -0.3 is 19.7 Å². The third-order valence-corrected chi connectivity index (χ3v) is 8.67. The zero-order chi connectivity index (χ0) is 31.0. The van der Waals surface area contributed by atoms with Crippen LogP contribution in [-0.4, -0.2) is 74.5 Å². The zero-order valence-corrected chi connectivity index (χ0v) is 24.8. The van der Waals surface area contributed by atoms with Crippen molar-refractivity contribution in [2.75, 3.05) is 57.9 Å². The summed E-state index contributed by atoms with van der Waals surface area (Å²) in [4.78, 5) is 17.6. The number of alkyl halides is 3. The van der Waals surface area contributed by atoms with Gasteiger partial charge in [0.05, 0.1) is 30.4 Å². The number of hydrogen-bond donors (Lipinski definition) is 1. The number of halogens is 4. The number of nitrogens with one attached hydrogen (secondary N) is 1. The lowest BCUT2D eigenvalue weighted by Crippen LogP contribution is -2.49. The first-order valence-electron chi connectivity index (χ1n) is 14.9. The summed E-state index contributed by atoms with van der Waals surface area (Å²) >= 11 is 0. The summed E-state index contributed by atoms with van der Waals surface area (Å²) < 4.78 is 65.0. The molecule has 0 spiro atoms. The fourth-order valence-electron chi connectivity index (χ4n) is 6.27. The maximum atomic E-state index is 13.9. The number of fused-ring (bicyclic) bond motifs is 1. The number of rotatable bonds is 14. The molecule has 2 aliphatic carbocycles. The summed E-state index contributed by atoms with van der Waals surface area (Å²) in [5.41, 5.74) is 0.228. The van der Waals surface area contributed by atoms with Gasteiger partial charge in [-0.1, -0.05) is 12.1 Å². The van der Waals surface area contributed by atoms with Gasteiger partial charge in [-0.2, -0.15) is 18.4 Å². The first-order chi connectivity index (χ1) is 20.6. The smallest absolute Gasteiger partial charge is 0.380 e. The molecule has 0 aliphatic heterocycles. The van der Waals surface area contributed by atoms with Gasteiger partial charge in [0.25, 0.3) is 0 Å². The molecule has 2 aromatic rings. The van der Waals surface area contributed by atoms with Crippen LogP contribution in [0.5, 0.6) is 0 Å². The van der Waals surface area contributed by atoms with Crippen molar-refractivity contribution < 1.29 is 31.8 Å². The Bertz CT molecular complexity index is 1270. The third-order valence-electron chi connectivity index (χ3n) is 8.67. The van der Waals surface area contributed by atoms with Gasteiger partial charge in [-0.3, -0.25) is 4.90 Å². The van der Waals surface area contributed by atoms with Crippen LogP contribution < -0.4 is 5.32 Å². The maximum Gasteiger partial charge on any atom is 0.419 e. The minimum absolute atomic E-state index is 0.00884. The number of carbonyl (C=O) groups is 1. The Kier molecular flexibility index (Phi) is 11.0. The van der Waals surface area contributed by atoms with Gasteiger partial charge in [0.1, 0.15) is 5.82 Å². The molecule has 11 heteroatoms. The molecular weight excluding hydrogens is 564 g/mol. The summed E-state index contributed by atoms with van der Waals surface area (Å²) in [6, 6.07) is 11.8. The Morgan fingerprint density at radius 3 is 2.42 bits per heavy atom. The van der Waals surface area contributed by atoms with Gasteiger partial charge in [0, 0.05) is 51.1 Å². The van der Waals surface area contributed by atoms with Crippen LogP contribution in [0.15, 0.2) is 42.5 Å². The molecule has 2 fully saturated rings. The molecule has 0 bridgehead atoms. The van der Waals surface area contributed by atoms with E-state index < -0.39 is 23.6 Å². The molecule has 0 aromatic heterocycles. The largest absolute Gasteiger partial charge is 0.419 e. The second-order valence-electron chi connectivity index (χ2n) is 11.2. The molecule has 234 valence electrons. The number of anilines is 1.